The molecule has 3 unspecified atom stereocenters. The summed E-state index contributed by atoms with van der Waals surface area (Å²) in [6.45, 7) is 8.80. The molecule has 0 bridgehead atoms. The van der Waals surface area contributed by atoms with Gasteiger partial charge >= 0.3 is 0 Å². The Bertz CT molecular complexity index is 268. The van der Waals surface area contributed by atoms with Crippen molar-refractivity contribution in [2.45, 2.75) is 78.3 Å². The zero-order chi connectivity index (χ0) is 13.8. The quantitative estimate of drug-likeness (QED) is 0.810. The molecule has 3 nitrogen and oxygen atoms in total. The van der Waals surface area contributed by atoms with Crippen molar-refractivity contribution in [3.63, 3.8) is 0 Å². The van der Waals surface area contributed by atoms with Gasteiger partial charge in [0.25, 0.3) is 0 Å². The molecule has 1 aliphatic carbocycles. The van der Waals surface area contributed by atoms with Gasteiger partial charge < -0.3 is 11.1 Å². The SMILES string of the molecule is CC(N)CCC(=O)NC1CCCCC1C(C)(C)C. The van der Waals surface area contributed by atoms with Crippen LogP contribution in [0.25, 0.3) is 0 Å². The molecular weight excluding hydrogens is 224 g/mol. The molecule has 1 fully saturated rings. The molecule has 1 aliphatic rings. The van der Waals surface area contributed by atoms with E-state index < -0.39 is 0 Å². The Morgan fingerprint density at radius 2 is 1.94 bits per heavy atom. The summed E-state index contributed by atoms with van der Waals surface area (Å²) in [7, 11) is 0. The zero-order valence-corrected chi connectivity index (χ0v) is 12.5. The third-order valence-electron chi connectivity index (χ3n) is 4.05. The van der Waals surface area contributed by atoms with Crippen LogP contribution < -0.4 is 11.1 Å². The van der Waals surface area contributed by atoms with Gasteiger partial charge in [0.05, 0.1) is 0 Å². The van der Waals surface area contributed by atoms with Crippen molar-refractivity contribution in [2.75, 3.05) is 0 Å². The van der Waals surface area contributed by atoms with Gasteiger partial charge in [-0.3, -0.25) is 4.79 Å². The Balaban J connectivity index is 2.49. The van der Waals surface area contributed by atoms with Crippen LogP contribution in [0.4, 0.5) is 0 Å². The number of carbonyl (C=O) groups excluding carboxylic acids is 1. The van der Waals surface area contributed by atoms with Crippen LogP contribution in [0.2, 0.25) is 0 Å². The van der Waals surface area contributed by atoms with Crippen molar-refractivity contribution in [1.82, 2.24) is 5.32 Å². The lowest BCUT2D eigenvalue weighted by Crippen LogP contribution is -2.46. The van der Waals surface area contributed by atoms with E-state index in [1.165, 1.54) is 19.3 Å². The van der Waals surface area contributed by atoms with Gasteiger partial charge in [-0.25, -0.2) is 0 Å². The van der Waals surface area contributed by atoms with Gasteiger partial charge in [0.2, 0.25) is 5.91 Å². The molecule has 18 heavy (non-hydrogen) atoms. The van der Waals surface area contributed by atoms with Crippen LogP contribution in [-0.2, 0) is 4.79 Å². The molecule has 0 aliphatic heterocycles. The van der Waals surface area contributed by atoms with Gasteiger partial charge in [-0.1, -0.05) is 33.6 Å². The summed E-state index contributed by atoms with van der Waals surface area (Å²) < 4.78 is 0. The molecule has 0 aromatic rings. The van der Waals surface area contributed by atoms with Crippen molar-refractivity contribution < 1.29 is 4.79 Å². The number of hydrogen-bond donors (Lipinski definition) is 2. The summed E-state index contributed by atoms with van der Waals surface area (Å²) in [5, 5.41) is 3.24. The molecule has 106 valence electrons. The third-order valence-corrected chi connectivity index (χ3v) is 4.05. The van der Waals surface area contributed by atoms with Gasteiger partial charge in [-0.2, -0.15) is 0 Å². The predicted octanol–water partition coefficient (Wildman–Crippen LogP) is 2.83. The van der Waals surface area contributed by atoms with E-state index in [4.69, 9.17) is 5.73 Å². The predicted molar refractivity (Wildman–Crippen MR) is 76.2 cm³/mol. The van der Waals surface area contributed by atoms with Crippen molar-refractivity contribution in [3.8, 4) is 0 Å². The van der Waals surface area contributed by atoms with Crippen LogP contribution in [0.3, 0.4) is 0 Å². The first-order valence-electron chi connectivity index (χ1n) is 7.35. The highest BCUT2D eigenvalue weighted by Crippen LogP contribution is 2.37. The summed E-state index contributed by atoms with van der Waals surface area (Å²) >= 11 is 0. The van der Waals surface area contributed by atoms with Crippen molar-refractivity contribution in [3.05, 3.63) is 0 Å². The average molecular weight is 254 g/mol. The molecule has 3 N–H and O–H groups in total. The fraction of sp³-hybridized carbons (Fsp3) is 0.933. The Morgan fingerprint density at radius 3 is 2.50 bits per heavy atom. The fourth-order valence-corrected chi connectivity index (χ4v) is 2.98. The first-order valence-corrected chi connectivity index (χ1v) is 7.35. The Morgan fingerprint density at radius 1 is 1.33 bits per heavy atom. The van der Waals surface area contributed by atoms with E-state index >= 15 is 0 Å². The Labute approximate surface area is 112 Å². The maximum atomic E-state index is 11.9. The summed E-state index contributed by atoms with van der Waals surface area (Å²) in [6, 6.07) is 0.472. The highest BCUT2D eigenvalue weighted by Gasteiger charge is 2.34. The molecule has 0 saturated heterocycles. The molecule has 1 rings (SSSR count). The molecule has 3 heteroatoms. The second kappa shape index (κ2) is 6.55. The van der Waals surface area contributed by atoms with Crippen LogP contribution >= 0.6 is 0 Å². The lowest BCUT2D eigenvalue weighted by Gasteiger charge is -2.40. The van der Waals surface area contributed by atoms with E-state index in [2.05, 4.69) is 26.1 Å². The normalized spacial score (nSPS) is 26.7. The summed E-state index contributed by atoms with van der Waals surface area (Å²) in [5.41, 5.74) is 5.97. The fourth-order valence-electron chi connectivity index (χ4n) is 2.98. The van der Waals surface area contributed by atoms with E-state index in [0.29, 0.717) is 18.4 Å². The number of rotatable bonds is 4. The largest absolute Gasteiger partial charge is 0.353 e. The molecule has 1 saturated carbocycles. The number of amides is 1. The van der Waals surface area contributed by atoms with Crippen LogP contribution in [0.1, 0.15) is 66.2 Å². The van der Waals surface area contributed by atoms with Crippen LogP contribution in [-0.4, -0.2) is 18.0 Å². The minimum absolute atomic E-state index is 0.112. The number of nitrogens with two attached hydrogens (primary N) is 1. The van der Waals surface area contributed by atoms with E-state index in [1.807, 2.05) is 6.92 Å². The van der Waals surface area contributed by atoms with E-state index in [9.17, 15) is 4.79 Å². The van der Waals surface area contributed by atoms with Gasteiger partial charge in [0, 0.05) is 18.5 Å². The molecule has 0 aromatic carbocycles. The topological polar surface area (TPSA) is 55.1 Å². The third kappa shape index (κ3) is 4.97. The smallest absolute Gasteiger partial charge is 0.220 e. The Kier molecular flexibility index (Phi) is 5.64. The minimum Gasteiger partial charge on any atom is -0.353 e. The second-order valence-electron chi connectivity index (χ2n) is 6.95. The maximum absolute atomic E-state index is 11.9. The van der Waals surface area contributed by atoms with E-state index in [1.54, 1.807) is 0 Å². The Hall–Kier alpha value is -0.570. The van der Waals surface area contributed by atoms with Gasteiger partial charge in [-0.15, -0.1) is 0 Å². The monoisotopic (exact) mass is 254 g/mol. The molecule has 0 spiro atoms. The molecule has 1 amide bonds. The minimum atomic E-state index is 0.112. The van der Waals surface area contributed by atoms with E-state index in [0.717, 1.165) is 12.8 Å². The summed E-state index contributed by atoms with van der Waals surface area (Å²) in [6.07, 6.45) is 6.25. The van der Waals surface area contributed by atoms with Crippen LogP contribution in [0.15, 0.2) is 0 Å². The molecular formula is C15H30N2O. The highest BCUT2D eigenvalue weighted by molar-refractivity contribution is 5.76. The molecule has 0 aromatic heterocycles. The molecule has 0 heterocycles. The summed E-state index contributed by atoms with van der Waals surface area (Å²) in [5.74, 6) is 0.777. The van der Waals surface area contributed by atoms with Gasteiger partial charge in [0.1, 0.15) is 0 Å². The molecule has 3 atom stereocenters. The standard InChI is InChI=1S/C15H30N2O/c1-11(16)9-10-14(18)17-13-8-6-5-7-12(13)15(2,3)4/h11-13H,5-10,16H2,1-4H3,(H,17,18). The number of nitrogens with one attached hydrogen (secondary N) is 1. The second-order valence-corrected chi connectivity index (χ2v) is 6.95. The van der Waals surface area contributed by atoms with Crippen LogP contribution in [0, 0.1) is 11.3 Å². The lowest BCUT2D eigenvalue weighted by molar-refractivity contribution is -0.123. The lowest BCUT2D eigenvalue weighted by atomic mass is 9.69. The van der Waals surface area contributed by atoms with Crippen molar-refractivity contribution in [2.24, 2.45) is 17.1 Å². The maximum Gasteiger partial charge on any atom is 0.220 e. The van der Waals surface area contributed by atoms with Crippen molar-refractivity contribution >= 4 is 5.91 Å². The van der Waals surface area contributed by atoms with Gasteiger partial charge in [-0.05, 0) is 37.5 Å². The zero-order valence-electron chi connectivity index (χ0n) is 12.5. The van der Waals surface area contributed by atoms with Crippen LogP contribution in [0.5, 0.6) is 0 Å². The van der Waals surface area contributed by atoms with Crippen molar-refractivity contribution in [1.29, 1.82) is 0 Å². The first-order chi connectivity index (χ1) is 8.30. The summed E-state index contributed by atoms with van der Waals surface area (Å²) in [4.78, 5) is 11.9. The number of hydrogen-bond acceptors (Lipinski definition) is 2. The average Bonchev–Trinajstić information content (AvgIpc) is 2.25. The van der Waals surface area contributed by atoms with E-state index in [-0.39, 0.29) is 17.4 Å². The van der Waals surface area contributed by atoms with Gasteiger partial charge in [0.15, 0.2) is 0 Å². The molecule has 0 radical (unpaired) electrons. The first kappa shape index (κ1) is 15.5. The highest BCUT2D eigenvalue weighted by atomic mass is 16.1. The number of carbonyl (C=O) groups is 1.